The van der Waals surface area contributed by atoms with E-state index in [9.17, 15) is 0 Å². The lowest BCUT2D eigenvalue weighted by Gasteiger charge is -2.07. The van der Waals surface area contributed by atoms with E-state index in [1.54, 1.807) is 0 Å². The van der Waals surface area contributed by atoms with E-state index in [-0.39, 0.29) is 0 Å². The highest BCUT2D eigenvalue weighted by Crippen LogP contribution is 2.16. The first-order chi connectivity index (χ1) is 6.75. The van der Waals surface area contributed by atoms with Gasteiger partial charge in [0.25, 0.3) is 0 Å². The normalized spacial score (nSPS) is 10.1. The lowest BCUT2D eigenvalue weighted by atomic mass is 10.0. The lowest BCUT2D eigenvalue weighted by Crippen LogP contribution is -1.95. The highest BCUT2D eigenvalue weighted by Gasteiger charge is 2.02. The zero-order chi connectivity index (χ0) is 10.4. The first-order valence-electron chi connectivity index (χ1n) is 5.35. The number of hydrogen-bond donors (Lipinski definition) is 0. The third-order valence-corrected chi connectivity index (χ3v) is 2.37. The fourth-order valence-corrected chi connectivity index (χ4v) is 1.57. The molecule has 0 aliphatic rings. The van der Waals surface area contributed by atoms with Gasteiger partial charge in [-0.15, -0.1) is 0 Å². The Morgan fingerprint density at radius 3 is 2.86 bits per heavy atom. The van der Waals surface area contributed by atoms with Gasteiger partial charge in [0.1, 0.15) is 0 Å². The van der Waals surface area contributed by atoms with Crippen molar-refractivity contribution in [2.45, 2.75) is 39.5 Å². The van der Waals surface area contributed by atoms with Gasteiger partial charge in [-0.1, -0.05) is 32.4 Å². The summed E-state index contributed by atoms with van der Waals surface area (Å²) in [6, 6.07) is 4.09. The van der Waals surface area contributed by atoms with Crippen LogP contribution in [0.3, 0.4) is 0 Å². The molecule has 0 amide bonds. The van der Waals surface area contributed by atoms with Crippen LogP contribution in [0.15, 0.2) is 24.9 Å². The average molecular weight is 189 g/mol. The van der Waals surface area contributed by atoms with Gasteiger partial charge in [-0.05, 0) is 37.0 Å². The SMILES string of the molecule is C=C(C)c1cccnc1CCCCC. The smallest absolute Gasteiger partial charge is 0.0478 e. The molecule has 0 aliphatic carbocycles. The van der Waals surface area contributed by atoms with Crippen molar-refractivity contribution in [2.75, 3.05) is 0 Å². The summed E-state index contributed by atoms with van der Waals surface area (Å²) in [6.07, 6.45) is 6.72. The molecule has 0 aromatic carbocycles. The molecule has 1 rings (SSSR count). The van der Waals surface area contributed by atoms with Crippen molar-refractivity contribution in [3.63, 3.8) is 0 Å². The molecular formula is C13H19N. The first-order valence-corrected chi connectivity index (χ1v) is 5.35. The van der Waals surface area contributed by atoms with Crippen molar-refractivity contribution < 1.29 is 0 Å². The molecule has 0 fully saturated rings. The van der Waals surface area contributed by atoms with Gasteiger partial charge in [0.05, 0.1) is 0 Å². The summed E-state index contributed by atoms with van der Waals surface area (Å²) in [5.74, 6) is 0. The molecule has 0 bridgehead atoms. The number of aryl methyl sites for hydroxylation is 1. The minimum absolute atomic E-state index is 1.08. The van der Waals surface area contributed by atoms with Gasteiger partial charge >= 0.3 is 0 Å². The Bertz CT molecular complexity index is 302. The molecule has 1 heteroatoms. The predicted octanol–water partition coefficient (Wildman–Crippen LogP) is 3.85. The second kappa shape index (κ2) is 5.58. The van der Waals surface area contributed by atoms with Crippen LogP contribution in [0, 0.1) is 0 Å². The number of rotatable bonds is 5. The maximum Gasteiger partial charge on any atom is 0.0478 e. The highest BCUT2D eigenvalue weighted by molar-refractivity contribution is 5.63. The summed E-state index contributed by atoms with van der Waals surface area (Å²) in [7, 11) is 0. The van der Waals surface area contributed by atoms with E-state index >= 15 is 0 Å². The van der Waals surface area contributed by atoms with E-state index < -0.39 is 0 Å². The Balaban J connectivity index is 2.69. The van der Waals surface area contributed by atoms with E-state index in [4.69, 9.17) is 0 Å². The molecule has 14 heavy (non-hydrogen) atoms. The molecule has 76 valence electrons. The topological polar surface area (TPSA) is 12.9 Å². The minimum Gasteiger partial charge on any atom is -0.261 e. The second-order valence-corrected chi connectivity index (χ2v) is 3.74. The van der Waals surface area contributed by atoms with E-state index in [2.05, 4.69) is 24.6 Å². The average Bonchev–Trinajstić information content (AvgIpc) is 2.19. The van der Waals surface area contributed by atoms with Crippen LogP contribution in [-0.4, -0.2) is 4.98 Å². The molecule has 0 saturated carbocycles. The van der Waals surface area contributed by atoms with E-state index in [0.717, 1.165) is 12.0 Å². The maximum atomic E-state index is 4.41. The van der Waals surface area contributed by atoms with Crippen molar-refractivity contribution in [3.05, 3.63) is 36.2 Å². The molecule has 0 unspecified atom stereocenters. The van der Waals surface area contributed by atoms with Crippen LogP contribution in [0.25, 0.3) is 5.57 Å². The molecule has 0 N–H and O–H groups in total. The van der Waals surface area contributed by atoms with Crippen LogP contribution in [0.4, 0.5) is 0 Å². The lowest BCUT2D eigenvalue weighted by molar-refractivity contribution is 0.706. The fraction of sp³-hybridized carbons (Fsp3) is 0.462. The van der Waals surface area contributed by atoms with Crippen LogP contribution in [0.2, 0.25) is 0 Å². The Labute approximate surface area is 86.9 Å². The quantitative estimate of drug-likeness (QED) is 0.641. The van der Waals surface area contributed by atoms with Crippen LogP contribution in [0.5, 0.6) is 0 Å². The van der Waals surface area contributed by atoms with Gasteiger partial charge in [0.2, 0.25) is 0 Å². The van der Waals surface area contributed by atoms with Crippen molar-refractivity contribution in [3.8, 4) is 0 Å². The van der Waals surface area contributed by atoms with Crippen molar-refractivity contribution >= 4 is 5.57 Å². The molecule has 1 heterocycles. The maximum absolute atomic E-state index is 4.41. The van der Waals surface area contributed by atoms with Crippen LogP contribution in [-0.2, 0) is 6.42 Å². The van der Waals surface area contributed by atoms with Crippen molar-refractivity contribution in [1.29, 1.82) is 0 Å². The Morgan fingerprint density at radius 2 is 2.21 bits per heavy atom. The van der Waals surface area contributed by atoms with E-state index in [0.29, 0.717) is 0 Å². The van der Waals surface area contributed by atoms with E-state index in [1.165, 1.54) is 30.5 Å². The molecule has 0 radical (unpaired) electrons. The summed E-state index contributed by atoms with van der Waals surface area (Å²) >= 11 is 0. The Kier molecular flexibility index (Phi) is 4.37. The summed E-state index contributed by atoms with van der Waals surface area (Å²) in [4.78, 5) is 4.41. The van der Waals surface area contributed by atoms with Crippen LogP contribution < -0.4 is 0 Å². The fourth-order valence-electron chi connectivity index (χ4n) is 1.57. The molecular weight excluding hydrogens is 170 g/mol. The number of allylic oxidation sites excluding steroid dienone is 1. The second-order valence-electron chi connectivity index (χ2n) is 3.74. The number of aromatic nitrogens is 1. The van der Waals surface area contributed by atoms with E-state index in [1.807, 2.05) is 19.2 Å². The van der Waals surface area contributed by atoms with Crippen molar-refractivity contribution in [2.24, 2.45) is 0 Å². The molecule has 0 atom stereocenters. The molecule has 0 aliphatic heterocycles. The number of unbranched alkanes of at least 4 members (excludes halogenated alkanes) is 2. The predicted molar refractivity (Wildman–Crippen MR) is 62.2 cm³/mol. The monoisotopic (exact) mass is 189 g/mol. The summed E-state index contributed by atoms with van der Waals surface area (Å²) < 4.78 is 0. The molecule has 1 nitrogen and oxygen atoms in total. The third-order valence-electron chi connectivity index (χ3n) is 2.37. The Morgan fingerprint density at radius 1 is 1.43 bits per heavy atom. The Hall–Kier alpha value is -1.11. The van der Waals surface area contributed by atoms with Gasteiger partial charge in [-0.2, -0.15) is 0 Å². The summed E-state index contributed by atoms with van der Waals surface area (Å²) in [5.41, 5.74) is 3.54. The molecule has 0 saturated heterocycles. The number of hydrogen-bond acceptors (Lipinski definition) is 1. The zero-order valence-corrected chi connectivity index (χ0v) is 9.21. The number of nitrogens with zero attached hydrogens (tertiary/aromatic N) is 1. The first kappa shape index (κ1) is 11.0. The number of pyridine rings is 1. The zero-order valence-electron chi connectivity index (χ0n) is 9.21. The molecule has 1 aromatic heterocycles. The summed E-state index contributed by atoms with van der Waals surface area (Å²) in [5, 5.41) is 0. The van der Waals surface area contributed by atoms with Gasteiger partial charge in [-0.3, -0.25) is 4.98 Å². The summed E-state index contributed by atoms with van der Waals surface area (Å²) in [6.45, 7) is 8.24. The minimum atomic E-state index is 1.08. The van der Waals surface area contributed by atoms with Gasteiger partial charge < -0.3 is 0 Å². The van der Waals surface area contributed by atoms with Crippen molar-refractivity contribution in [1.82, 2.24) is 4.98 Å². The van der Waals surface area contributed by atoms with Gasteiger partial charge in [0, 0.05) is 11.9 Å². The molecule has 1 aromatic rings. The standard InChI is InChI=1S/C13H19N/c1-4-5-6-9-13-12(11(2)3)8-7-10-14-13/h7-8,10H,2,4-6,9H2,1,3H3. The van der Waals surface area contributed by atoms with Gasteiger partial charge in [-0.25, -0.2) is 0 Å². The van der Waals surface area contributed by atoms with Gasteiger partial charge in [0.15, 0.2) is 0 Å². The largest absolute Gasteiger partial charge is 0.261 e. The highest BCUT2D eigenvalue weighted by atomic mass is 14.7. The molecule has 0 spiro atoms. The van der Waals surface area contributed by atoms with Crippen LogP contribution >= 0.6 is 0 Å². The van der Waals surface area contributed by atoms with Crippen LogP contribution in [0.1, 0.15) is 44.4 Å². The third kappa shape index (κ3) is 2.99.